The number of amides is 1. The second-order valence-corrected chi connectivity index (χ2v) is 10.4. The molecule has 0 spiro atoms. The molecule has 1 N–H and O–H groups in total. The SMILES string of the molecule is CCCCCCn1c(O)c(N=NC(=O)C23CC4CCCC(C2)C(C4)C3)c2ccccc21. The Morgan fingerprint density at radius 3 is 2.84 bits per heavy atom. The van der Waals surface area contributed by atoms with Gasteiger partial charge < -0.3 is 9.67 Å². The highest BCUT2D eigenvalue weighted by atomic mass is 16.3. The summed E-state index contributed by atoms with van der Waals surface area (Å²) in [6, 6.07) is 7.91. The Hall–Kier alpha value is -2.17. The van der Waals surface area contributed by atoms with E-state index in [0.717, 1.165) is 49.6 Å². The summed E-state index contributed by atoms with van der Waals surface area (Å²) < 4.78 is 1.93. The number of nitrogens with zero attached hydrogens (tertiary/aromatic N) is 3. The number of aromatic nitrogens is 1. The lowest BCUT2D eigenvalue weighted by Gasteiger charge is -2.34. The summed E-state index contributed by atoms with van der Waals surface area (Å²) in [5.41, 5.74) is 1.11. The number of rotatable bonds is 7. The van der Waals surface area contributed by atoms with Crippen LogP contribution in [-0.4, -0.2) is 15.6 Å². The highest BCUT2D eigenvalue weighted by Gasteiger charge is 2.55. The zero-order chi connectivity index (χ0) is 21.4. The topological polar surface area (TPSA) is 66.9 Å². The van der Waals surface area contributed by atoms with Gasteiger partial charge in [0.1, 0.15) is 0 Å². The van der Waals surface area contributed by atoms with Gasteiger partial charge in [-0.1, -0.05) is 63.6 Å². The van der Waals surface area contributed by atoms with Crippen molar-refractivity contribution in [1.82, 2.24) is 4.57 Å². The van der Waals surface area contributed by atoms with Gasteiger partial charge in [-0.2, -0.15) is 0 Å². The number of unbranched alkanes of at least 4 members (excludes halogenated alkanes) is 3. The Morgan fingerprint density at radius 2 is 1.97 bits per heavy atom. The van der Waals surface area contributed by atoms with E-state index in [1.54, 1.807) is 0 Å². The Bertz CT molecular complexity index is 990. The molecule has 3 aliphatic carbocycles. The molecule has 4 unspecified atom stereocenters. The van der Waals surface area contributed by atoms with E-state index in [1.807, 2.05) is 28.8 Å². The first-order chi connectivity index (χ1) is 15.1. The van der Waals surface area contributed by atoms with Gasteiger partial charge in [0.2, 0.25) is 5.88 Å². The maximum absolute atomic E-state index is 13.3. The second kappa shape index (κ2) is 8.40. The summed E-state index contributed by atoms with van der Waals surface area (Å²) in [5, 5.41) is 20.5. The summed E-state index contributed by atoms with van der Waals surface area (Å²) >= 11 is 0. The summed E-state index contributed by atoms with van der Waals surface area (Å²) in [6.07, 6.45) is 12.7. The Kier molecular flexibility index (Phi) is 5.61. The van der Waals surface area contributed by atoms with Crippen LogP contribution >= 0.6 is 0 Å². The van der Waals surface area contributed by atoms with Crippen LogP contribution in [0.25, 0.3) is 10.9 Å². The van der Waals surface area contributed by atoms with E-state index in [0.29, 0.717) is 23.4 Å². The maximum Gasteiger partial charge on any atom is 0.270 e. The fourth-order valence-corrected chi connectivity index (χ4v) is 6.91. The van der Waals surface area contributed by atoms with Crippen molar-refractivity contribution in [3.63, 3.8) is 0 Å². The third kappa shape index (κ3) is 3.70. The van der Waals surface area contributed by atoms with Gasteiger partial charge >= 0.3 is 0 Å². The molecular weight excluding hydrogens is 386 g/mol. The van der Waals surface area contributed by atoms with Crippen molar-refractivity contribution in [2.45, 2.75) is 84.1 Å². The zero-order valence-electron chi connectivity index (χ0n) is 18.7. The standard InChI is InChI=1S/C26H35N3O2/c1-2-3-4-7-13-29-22-12-6-5-11-21(22)23(24(29)30)27-28-25(31)26-15-18-9-8-10-19(16-26)20(14-18)17-26/h5-6,11-12,18-20,30H,2-4,7-10,13-17H2,1H3. The molecule has 3 aliphatic rings. The number of para-hydroxylation sites is 1. The fraction of sp³-hybridized carbons (Fsp3) is 0.654. The van der Waals surface area contributed by atoms with E-state index in [4.69, 9.17) is 0 Å². The van der Waals surface area contributed by atoms with Crippen molar-refractivity contribution < 1.29 is 9.90 Å². The van der Waals surface area contributed by atoms with E-state index in [2.05, 4.69) is 17.2 Å². The lowest BCUT2D eigenvalue weighted by molar-refractivity contribution is -0.130. The van der Waals surface area contributed by atoms with Crippen molar-refractivity contribution in [2.24, 2.45) is 33.4 Å². The minimum atomic E-state index is -0.295. The normalized spacial score (nSPS) is 29.8. The molecule has 4 atom stereocenters. The number of azo groups is 1. The predicted octanol–water partition coefficient (Wildman–Crippen LogP) is 7.14. The number of aryl methyl sites for hydroxylation is 1. The van der Waals surface area contributed by atoms with E-state index < -0.39 is 0 Å². The van der Waals surface area contributed by atoms with E-state index in [-0.39, 0.29) is 17.2 Å². The van der Waals surface area contributed by atoms with Crippen LogP contribution in [0.3, 0.4) is 0 Å². The minimum Gasteiger partial charge on any atom is -0.493 e. The Balaban J connectivity index is 1.40. The van der Waals surface area contributed by atoms with Gasteiger partial charge in [-0.05, 0) is 55.9 Å². The van der Waals surface area contributed by atoms with Gasteiger partial charge in [-0.3, -0.25) is 4.79 Å². The first kappa shape index (κ1) is 20.7. The molecule has 5 heteroatoms. The summed E-state index contributed by atoms with van der Waals surface area (Å²) in [5.74, 6) is 2.18. The number of carbonyl (C=O) groups is 1. The average molecular weight is 422 g/mol. The lowest BCUT2D eigenvalue weighted by atomic mass is 9.69. The van der Waals surface area contributed by atoms with Gasteiger partial charge in [0, 0.05) is 11.9 Å². The molecule has 1 heterocycles. The van der Waals surface area contributed by atoms with Gasteiger partial charge in [-0.15, -0.1) is 10.2 Å². The Labute approximate surface area is 184 Å². The molecule has 3 saturated carbocycles. The third-order valence-corrected chi connectivity index (χ3v) is 8.32. The van der Waals surface area contributed by atoms with Crippen LogP contribution in [0.15, 0.2) is 34.5 Å². The first-order valence-corrected chi connectivity index (χ1v) is 12.4. The molecule has 5 nitrogen and oxygen atoms in total. The van der Waals surface area contributed by atoms with Crippen LogP contribution in [0.2, 0.25) is 0 Å². The number of aromatic hydroxyl groups is 1. The van der Waals surface area contributed by atoms with Crippen LogP contribution in [0.4, 0.5) is 5.69 Å². The van der Waals surface area contributed by atoms with Gasteiger partial charge in [-0.25, -0.2) is 0 Å². The van der Waals surface area contributed by atoms with Crippen LogP contribution in [0, 0.1) is 23.2 Å². The average Bonchev–Trinajstić information content (AvgIpc) is 3.13. The molecule has 1 amide bonds. The summed E-state index contributed by atoms with van der Waals surface area (Å²) in [4.78, 5) is 13.3. The fourth-order valence-electron chi connectivity index (χ4n) is 6.91. The second-order valence-electron chi connectivity index (χ2n) is 10.4. The van der Waals surface area contributed by atoms with E-state index in [9.17, 15) is 9.90 Å². The van der Waals surface area contributed by atoms with Gasteiger partial charge in [0.15, 0.2) is 5.69 Å². The van der Waals surface area contributed by atoms with Crippen LogP contribution < -0.4 is 0 Å². The monoisotopic (exact) mass is 421 g/mol. The smallest absolute Gasteiger partial charge is 0.270 e. The lowest BCUT2D eigenvalue weighted by Crippen LogP contribution is -2.33. The van der Waals surface area contributed by atoms with Gasteiger partial charge in [0.05, 0.1) is 10.9 Å². The van der Waals surface area contributed by atoms with Crippen LogP contribution in [0.5, 0.6) is 5.88 Å². The molecule has 1 aromatic carbocycles. The van der Waals surface area contributed by atoms with Crippen molar-refractivity contribution in [1.29, 1.82) is 0 Å². The summed E-state index contributed by atoms with van der Waals surface area (Å²) in [6.45, 7) is 2.95. The quantitative estimate of drug-likeness (QED) is 0.381. The number of hydrogen-bond acceptors (Lipinski definition) is 3. The van der Waals surface area contributed by atoms with Crippen LogP contribution in [0.1, 0.15) is 77.6 Å². The number of fused-ring (bicyclic) bond motifs is 3. The van der Waals surface area contributed by atoms with Crippen LogP contribution in [-0.2, 0) is 11.3 Å². The van der Waals surface area contributed by atoms with Crippen molar-refractivity contribution in [3.05, 3.63) is 24.3 Å². The highest BCUT2D eigenvalue weighted by molar-refractivity contribution is 5.95. The number of carbonyl (C=O) groups excluding carboxylic acids is 1. The number of hydrogen-bond donors (Lipinski definition) is 1. The molecule has 2 aromatic rings. The first-order valence-electron chi connectivity index (χ1n) is 12.4. The molecule has 31 heavy (non-hydrogen) atoms. The molecule has 0 radical (unpaired) electrons. The molecule has 166 valence electrons. The zero-order valence-corrected chi connectivity index (χ0v) is 18.7. The van der Waals surface area contributed by atoms with E-state index in [1.165, 1.54) is 38.5 Å². The largest absolute Gasteiger partial charge is 0.493 e. The van der Waals surface area contributed by atoms with Crippen molar-refractivity contribution >= 4 is 22.5 Å². The number of benzene rings is 1. The molecule has 3 bridgehead atoms. The van der Waals surface area contributed by atoms with E-state index >= 15 is 0 Å². The molecular formula is C26H35N3O2. The van der Waals surface area contributed by atoms with Crippen molar-refractivity contribution in [2.75, 3.05) is 0 Å². The summed E-state index contributed by atoms with van der Waals surface area (Å²) in [7, 11) is 0. The Morgan fingerprint density at radius 1 is 1.13 bits per heavy atom. The van der Waals surface area contributed by atoms with Gasteiger partial charge in [0.25, 0.3) is 5.91 Å². The molecule has 0 saturated heterocycles. The highest BCUT2D eigenvalue weighted by Crippen LogP contribution is 2.60. The minimum absolute atomic E-state index is 0.0502. The van der Waals surface area contributed by atoms with Crippen molar-refractivity contribution in [3.8, 4) is 5.88 Å². The molecule has 0 aliphatic heterocycles. The maximum atomic E-state index is 13.3. The molecule has 3 fully saturated rings. The predicted molar refractivity (Wildman–Crippen MR) is 122 cm³/mol. The third-order valence-electron chi connectivity index (χ3n) is 8.32. The molecule has 1 aromatic heterocycles. The molecule has 5 rings (SSSR count).